The third-order valence-electron chi connectivity index (χ3n) is 5.57. The minimum Gasteiger partial charge on any atom is -0.368 e. The number of primary sulfonamides is 1. The Bertz CT molecular complexity index is 1270. The van der Waals surface area contributed by atoms with Crippen molar-refractivity contribution >= 4 is 31.6 Å². The van der Waals surface area contributed by atoms with Crippen molar-refractivity contribution in [3.05, 3.63) is 71.1 Å². The van der Waals surface area contributed by atoms with Crippen LogP contribution < -0.4 is 15.4 Å². The maximum atomic E-state index is 12.4. The van der Waals surface area contributed by atoms with Crippen molar-refractivity contribution in [2.75, 3.05) is 31.1 Å². The van der Waals surface area contributed by atoms with E-state index in [9.17, 15) is 21.6 Å². The second-order valence-electron chi connectivity index (χ2n) is 7.36. The lowest BCUT2D eigenvalue weighted by atomic mass is 9.98. The van der Waals surface area contributed by atoms with Crippen LogP contribution in [0.25, 0.3) is 0 Å². The molecule has 2 aliphatic rings. The molecule has 0 radical (unpaired) electrons. The van der Waals surface area contributed by atoms with E-state index in [0.717, 1.165) is 11.0 Å². The van der Waals surface area contributed by atoms with Crippen LogP contribution >= 0.6 is 0 Å². The van der Waals surface area contributed by atoms with Crippen LogP contribution in [0.1, 0.15) is 27.5 Å². The Morgan fingerprint density at radius 3 is 2.35 bits per heavy atom. The normalized spacial score (nSPS) is 19.7. The van der Waals surface area contributed by atoms with Crippen molar-refractivity contribution in [2.24, 2.45) is 5.14 Å². The molecule has 164 valence electrons. The third-order valence-corrected chi connectivity index (χ3v) is 8.01. The van der Waals surface area contributed by atoms with E-state index in [1.54, 1.807) is 29.2 Å². The first-order valence-electron chi connectivity index (χ1n) is 9.56. The van der Waals surface area contributed by atoms with Crippen LogP contribution in [-0.4, -0.2) is 53.2 Å². The van der Waals surface area contributed by atoms with E-state index < -0.39 is 26.1 Å². The van der Waals surface area contributed by atoms with Gasteiger partial charge < -0.3 is 10.2 Å². The molecule has 0 bridgehead atoms. The molecule has 0 aliphatic carbocycles. The van der Waals surface area contributed by atoms with Crippen LogP contribution in [0, 0.1) is 0 Å². The molecule has 1 saturated heterocycles. The van der Waals surface area contributed by atoms with Gasteiger partial charge in [-0.25, -0.2) is 22.0 Å². The van der Waals surface area contributed by atoms with Gasteiger partial charge in [0.15, 0.2) is 0 Å². The van der Waals surface area contributed by atoms with Crippen LogP contribution in [-0.2, 0) is 20.0 Å². The smallest absolute Gasteiger partial charge is 0.252 e. The molecule has 0 spiro atoms. The fourth-order valence-corrected chi connectivity index (χ4v) is 5.67. The Morgan fingerprint density at radius 2 is 1.71 bits per heavy atom. The summed E-state index contributed by atoms with van der Waals surface area (Å²) in [6.45, 7) is 4.34. The summed E-state index contributed by atoms with van der Waals surface area (Å²) in [7, 11) is -7.60. The number of anilines is 1. The van der Waals surface area contributed by atoms with Crippen molar-refractivity contribution in [1.29, 1.82) is 0 Å². The number of nitrogens with one attached hydrogen (secondary N) is 1. The fourth-order valence-electron chi connectivity index (χ4n) is 3.99. The van der Waals surface area contributed by atoms with Gasteiger partial charge in [-0.2, -0.15) is 4.31 Å². The molecular formula is C20H22N4O5S2. The van der Waals surface area contributed by atoms with Gasteiger partial charge in [-0.05, 0) is 29.3 Å². The molecule has 2 aromatic rings. The molecule has 3 N–H and O–H groups in total. The molecule has 2 aliphatic heterocycles. The van der Waals surface area contributed by atoms with Gasteiger partial charge >= 0.3 is 0 Å². The highest BCUT2D eigenvalue weighted by molar-refractivity contribution is 7.92. The van der Waals surface area contributed by atoms with Gasteiger partial charge in [0.1, 0.15) is 4.90 Å². The molecule has 1 amide bonds. The lowest BCUT2D eigenvalue weighted by molar-refractivity contribution is 0.0960. The molecule has 31 heavy (non-hydrogen) atoms. The second kappa shape index (κ2) is 7.75. The number of carbonyl (C=O) groups excluding carboxylic acids is 1. The summed E-state index contributed by atoms with van der Waals surface area (Å²) in [6.07, 6.45) is 0. The van der Waals surface area contributed by atoms with E-state index in [-0.39, 0.29) is 23.9 Å². The number of hydrogen-bond acceptors (Lipinski definition) is 6. The third kappa shape index (κ3) is 3.97. The summed E-state index contributed by atoms with van der Waals surface area (Å²) in [5.74, 6) is -0.221. The topological polar surface area (TPSA) is 130 Å². The summed E-state index contributed by atoms with van der Waals surface area (Å²) in [6, 6.07) is 11.5. The zero-order chi connectivity index (χ0) is 22.4. The molecule has 1 unspecified atom stereocenters. The van der Waals surface area contributed by atoms with E-state index in [2.05, 4.69) is 11.9 Å². The van der Waals surface area contributed by atoms with E-state index in [4.69, 9.17) is 5.14 Å². The lowest BCUT2D eigenvalue weighted by Crippen LogP contribution is -2.48. The molecule has 0 aromatic heterocycles. The van der Waals surface area contributed by atoms with Gasteiger partial charge in [0, 0.05) is 37.2 Å². The molecule has 2 heterocycles. The number of piperazine rings is 1. The fraction of sp³-hybridized carbons (Fsp3) is 0.250. The highest BCUT2D eigenvalue weighted by Gasteiger charge is 2.32. The molecular weight excluding hydrogens is 440 g/mol. The first-order valence-corrected chi connectivity index (χ1v) is 12.6. The predicted molar refractivity (Wildman–Crippen MR) is 116 cm³/mol. The highest BCUT2D eigenvalue weighted by atomic mass is 32.2. The van der Waals surface area contributed by atoms with E-state index >= 15 is 0 Å². The van der Waals surface area contributed by atoms with Gasteiger partial charge in [-0.15, -0.1) is 0 Å². The molecule has 2 aromatic carbocycles. The van der Waals surface area contributed by atoms with Crippen LogP contribution in [0.4, 0.5) is 5.69 Å². The molecule has 4 rings (SSSR count). The Morgan fingerprint density at radius 1 is 1.03 bits per heavy atom. The van der Waals surface area contributed by atoms with Gasteiger partial charge in [0.2, 0.25) is 20.0 Å². The summed E-state index contributed by atoms with van der Waals surface area (Å²) in [4.78, 5) is 14.0. The number of benzene rings is 2. The number of rotatable bonds is 5. The average Bonchev–Trinajstić information content (AvgIpc) is 3.10. The number of amides is 1. The number of fused-ring (bicyclic) bond motifs is 1. The Kier molecular flexibility index (Phi) is 5.38. The summed E-state index contributed by atoms with van der Waals surface area (Å²) in [5, 5.41) is 9.29. The van der Waals surface area contributed by atoms with E-state index in [1.165, 1.54) is 10.4 Å². The van der Waals surface area contributed by atoms with Crippen molar-refractivity contribution in [3.63, 3.8) is 0 Å². The first-order chi connectivity index (χ1) is 14.6. The van der Waals surface area contributed by atoms with Gasteiger partial charge in [0.25, 0.3) is 5.91 Å². The predicted octanol–water partition coefficient (Wildman–Crippen LogP) is 0.762. The minimum atomic E-state index is -4.07. The number of carbonyl (C=O) groups is 1. The Hall–Kier alpha value is -2.73. The first kappa shape index (κ1) is 21.5. The van der Waals surface area contributed by atoms with Gasteiger partial charge in [0.05, 0.1) is 11.7 Å². The Balaban J connectivity index is 1.68. The van der Waals surface area contributed by atoms with E-state index in [1.807, 2.05) is 12.1 Å². The number of hydrogen-bond donors (Lipinski definition) is 2. The second-order valence-corrected chi connectivity index (χ2v) is 10.8. The number of sulfonamides is 2. The molecule has 9 nitrogen and oxygen atoms in total. The van der Waals surface area contributed by atoms with Crippen LogP contribution in [0.3, 0.4) is 0 Å². The largest absolute Gasteiger partial charge is 0.368 e. The SMILES string of the molecule is C=CS(=O)(=O)N1CCN(c2ccc(C3NC(=O)c4ccccc43)cc2S(N)(=O)=O)CC1. The zero-order valence-corrected chi connectivity index (χ0v) is 18.2. The van der Waals surface area contributed by atoms with Crippen LogP contribution in [0.5, 0.6) is 0 Å². The quantitative estimate of drug-likeness (QED) is 0.675. The van der Waals surface area contributed by atoms with Crippen molar-refractivity contribution < 1.29 is 21.6 Å². The van der Waals surface area contributed by atoms with Crippen molar-refractivity contribution in [3.8, 4) is 0 Å². The lowest BCUT2D eigenvalue weighted by Gasteiger charge is -2.35. The summed E-state index contributed by atoms with van der Waals surface area (Å²) >= 11 is 0. The standard InChI is InChI=1S/C20H22N4O5S2/c1-2-30(26,27)24-11-9-23(10-12-24)17-8-7-14(13-18(17)31(21,28)29)19-15-5-3-4-6-16(15)20(25)22-19/h2-8,13,19H,1,9-12H2,(H,22,25)(H2,21,28,29). The van der Waals surface area contributed by atoms with Gasteiger partial charge in [-0.3, -0.25) is 4.79 Å². The molecule has 0 saturated carbocycles. The van der Waals surface area contributed by atoms with Crippen molar-refractivity contribution in [2.45, 2.75) is 10.9 Å². The maximum Gasteiger partial charge on any atom is 0.252 e. The van der Waals surface area contributed by atoms with Crippen LogP contribution in [0.15, 0.2) is 59.3 Å². The zero-order valence-electron chi connectivity index (χ0n) is 16.6. The maximum absolute atomic E-state index is 12.4. The summed E-state index contributed by atoms with van der Waals surface area (Å²) < 4.78 is 50.0. The highest BCUT2D eigenvalue weighted by Crippen LogP contribution is 2.35. The molecule has 1 atom stereocenters. The Labute approximate surface area is 181 Å². The average molecular weight is 463 g/mol. The molecule has 1 fully saturated rings. The van der Waals surface area contributed by atoms with E-state index in [0.29, 0.717) is 29.9 Å². The van der Waals surface area contributed by atoms with Gasteiger partial charge in [-0.1, -0.05) is 30.8 Å². The monoisotopic (exact) mass is 462 g/mol. The number of nitrogens with two attached hydrogens (primary N) is 1. The summed E-state index contributed by atoms with van der Waals surface area (Å²) in [5.41, 5.74) is 2.32. The molecule has 11 heteroatoms. The minimum absolute atomic E-state index is 0.0661. The number of nitrogens with zero attached hydrogens (tertiary/aromatic N) is 2. The van der Waals surface area contributed by atoms with Crippen molar-refractivity contribution in [1.82, 2.24) is 9.62 Å². The van der Waals surface area contributed by atoms with Crippen LogP contribution in [0.2, 0.25) is 0 Å².